The Kier molecular flexibility index (Phi) is 8.15. The van der Waals surface area contributed by atoms with E-state index in [0.29, 0.717) is 34.4 Å². The van der Waals surface area contributed by atoms with Gasteiger partial charge in [-0.15, -0.1) is 0 Å². The first-order valence-corrected chi connectivity index (χ1v) is 9.26. The molecule has 0 aromatic heterocycles. The summed E-state index contributed by atoms with van der Waals surface area (Å²) in [5, 5.41) is 3.19. The maximum atomic E-state index is 12.1. The highest BCUT2D eigenvalue weighted by atomic mass is 35.5. The van der Waals surface area contributed by atoms with Gasteiger partial charge in [-0.3, -0.25) is 9.59 Å². The second-order valence-electron chi connectivity index (χ2n) is 6.20. The Morgan fingerprint density at radius 1 is 0.966 bits per heavy atom. The molecule has 0 radical (unpaired) electrons. The lowest BCUT2D eigenvalue weighted by Crippen LogP contribution is -2.21. The highest BCUT2D eigenvalue weighted by molar-refractivity contribution is 6.31. The first kappa shape index (κ1) is 22.4. The summed E-state index contributed by atoms with van der Waals surface area (Å²) >= 11 is 6.05. The van der Waals surface area contributed by atoms with E-state index in [0.717, 1.165) is 11.1 Å². The van der Waals surface area contributed by atoms with Crippen molar-refractivity contribution in [3.63, 3.8) is 0 Å². The molecule has 2 aromatic carbocycles. The molecule has 29 heavy (non-hydrogen) atoms. The predicted octanol–water partition coefficient (Wildman–Crippen LogP) is 3.79. The van der Waals surface area contributed by atoms with Gasteiger partial charge in [0.2, 0.25) is 0 Å². The molecular formula is C21H24ClNO6. The van der Waals surface area contributed by atoms with Crippen LogP contribution in [0.3, 0.4) is 0 Å². The van der Waals surface area contributed by atoms with Crippen LogP contribution >= 0.6 is 11.6 Å². The Morgan fingerprint density at radius 3 is 2.31 bits per heavy atom. The molecule has 1 N–H and O–H groups in total. The number of ether oxygens (including phenoxy) is 4. The first-order chi connectivity index (χ1) is 13.9. The van der Waals surface area contributed by atoms with Gasteiger partial charge >= 0.3 is 5.97 Å². The molecule has 0 atom stereocenters. The van der Waals surface area contributed by atoms with E-state index in [9.17, 15) is 9.59 Å². The molecule has 0 bridgehead atoms. The SMILES string of the molecule is COc1cc(Cl)c(C)cc1NC(=O)COC(=O)CCc1ccc(OC)c(OC)c1. The number of nitrogens with one attached hydrogen (secondary N) is 1. The molecule has 7 nitrogen and oxygen atoms in total. The Morgan fingerprint density at radius 2 is 1.66 bits per heavy atom. The fourth-order valence-corrected chi connectivity index (χ4v) is 2.77. The smallest absolute Gasteiger partial charge is 0.306 e. The molecule has 8 heteroatoms. The monoisotopic (exact) mass is 421 g/mol. The highest BCUT2D eigenvalue weighted by Crippen LogP contribution is 2.31. The maximum Gasteiger partial charge on any atom is 0.306 e. The highest BCUT2D eigenvalue weighted by Gasteiger charge is 2.13. The number of carbonyl (C=O) groups excluding carboxylic acids is 2. The Hall–Kier alpha value is -2.93. The molecule has 2 aromatic rings. The van der Waals surface area contributed by atoms with Gasteiger partial charge in [0.1, 0.15) is 5.75 Å². The number of amides is 1. The maximum absolute atomic E-state index is 12.1. The van der Waals surface area contributed by atoms with Gasteiger partial charge in [0, 0.05) is 17.5 Å². The van der Waals surface area contributed by atoms with Crippen molar-refractivity contribution in [3.8, 4) is 17.2 Å². The van der Waals surface area contributed by atoms with Gasteiger partial charge in [-0.25, -0.2) is 0 Å². The number of aryl methyl sites for hydroxylation is 2. The normalized spacial score (nSPS) is 10.2. The third kappa shape index (κ3) is 6.29. The van der Waals surface area contributed by atoms with Crippen LogP contribution in [0.2, 0.25) is 5.02 Å². The standard InChI is InChI=1S/C21H24ClNO6/c1-13-9-16(18(27-3)11-15(13)22)23-20(24)12-29-21(25)8-6-14-5-7-17(26-2)19(10-14)28-4/h5,7,9-11H,6,8,12H2,1-4H3,(H,23,24). The van der Waals surface area contributed by atoms with E-state index in [1.165, 1.54) is 7.11 Å². The number of anilines is 1. The number of benzene rings is 2. The van der Waals surface area contributed by atoms with Crippen molar-refractivity contribution >= 4 is 29.2 Å². The zero-order chi connectivity index (χ0) is 21.4. The van der Waals surface area contributed by atoms with Crippen LogP contribution in [-0.4, -0.2) is 39.8 Å². The van der Waals surface area contributed by atoms with Crippen LogP contribution in [0.25, 0.3) is 0 Å². The van der Waals surface area contributed by atoms with E-state index in [-0.39, 0.29) is 6.42 Å². The second-order valence-corrected chi connectivity index (χ2v) is 6.61. The lowest BCUT2D eigenvalue weighted by molar-refractivity contribution is -0.147. The van der Waals surface area contributed by atoms with Gasteiger partial charge in [0.15, 0.2) is 18.1 Å². The largest absolute Gasteiger partial charge is 0.495 e. The number of hydrogen-bond acceptors (Lipinski definition) is 6. The summed E-state index contributed by atoms with van der Waals surface area (Å²) in [7, 11) is 4.58. The minimum absolute atomic E-state index is 0.131. The minimum Gasteiger partial charge on any atom is -0.495 e. The van der Waals surface area contributed by atoms with Gasteiger partial charge < -0.3 is 24.3 Å². The molecule has 0 aliphatic rings. The zero-order valence-electron chi connectivity index (χ0n) is 16.8. The van der Waals surface area contributed by atoms with Crippen LogP contribution in [0.1, 0.15) is 17.5 Å². The summed E-state index contributed by atoms with van der Waals surface area (Å²) in [6.07, 6.45) is 0.581. The number of esters is 1. The fraction of sp³-hybridized carbons (Fsp3) is 0.333. The average molecular weight is 422 g/mol. The molecule has 0 heterocycles. The van der Waals surface area contributed by atoms with E-state index in [2.05, 4.69) is 5.32 Å². The number of carbonyl (C=O) groups is 2. The summed E-state index contributed by atoms with van der Waals surface area (Å²) < 4.78 is 20.7. The summed E-state index contributed by atoms with van der Waals surface area (Å²) in [6.45, 7) is 1.42. The molecule has 0 spiro atoms. The average Bonchev–Trinajstić information content (AvgIpc) is 2.72. The van der Waals surface area contributed by atoms with Gasteiger partial charge in [-0.1, -0.05) is 17.7 Å². The van der Waals surface area contributed by atoms with Gasteiger partial charge in [-0.2, -0.15) is 0 Å². The molecular weight excluding hydrogens is 398 g/mol. The second kappa shape index (κ2) is 10.6. The molecule has 156 valence electrons. The van der Waals surface area contributed by atoms with Crippen molar-refractivity contribution in [2.45, 2.75) is 19.8 Å². The fourth-order valence-electron chi connectivity index (χ4n) is 2.62. The number of methoxy groups -OCH3 is 3. The van der Waals surface area contributed by atoms with Crippen molar-refractivity contribution in [3.05, 3.63) is 46.5 Å². The number of rotatable bonds is 9. The first-order valence-electron chi connectivity index (χ1n) is 8.88. The quantitative estimate of drug-likeness (QED) is 0.620. The van der Waals surface area contributed by atoms with E-state index in [1.54, 1.807) is 38.5 Å². The lowest BCUT2D eigenvalue weighted by atomic mass is 10.1. The van der Waals surface area contributed by atoms with E-state index in [1.807, 2.05) is 13.0 Å². The van der Waals surface area contributed by atoms with Crippen molar-refractivity contribution in [1.82, 2.24) is 0 Å². The lowest BCUT2D eigenvalue weighted by Gasteiger charge is -2.12. The molecule has 0 unspecified atom stereocenters. The Balaban J connectivity index is 1.85. The minimum atomic E-state index is -0.478. The topological polar surface area (TPSA) is 83.1 Å². The van der Waals surface area contributed by atoms with Crippen LogP contribution in [0, 0.1) is 6.92 Å². The third-order valence-corrected chi connectivity index (χ3v) is 4.59. The van der Waals surface area contributed by atoms with Crippen LogP contribution in [-0.2, 0) is 20.7 Å². The van der Waals surface area contributed by atoms with E-state index < -0.39 is 18.5 Å². The van der Waals surface area contributed by atoms with Crippen LogP contribution < -0.4 is 19.5 Å². The van der Waals surface area contributed by atoms with Crippen molar-refractivity contribution < 1.29 is 28.5 Å². The van der Waals surface area contributed by atoms with Crippen molar-refractivity contribution in [1.29, 1.82) is 0 Å². The number of halogens is 1. The van der Waals surface area contributed by atoms with E-state index >= 15 is 0 Å². The molecule has 2 rings (SSSR count). The molecule has 0 aliphatic heterocycles. The van der Waals surface area contributed by atoms with Gasteiger partial charge in [-0.05, 0) is 42.7 Å². The summed E-state index contributed by atoms with van der Waals surface area (Å²) in [5.74, 6) is 0.681. The summed E-state index contributed by atoms with van der Waals surface area (Å²) in [5.41, 5.74) is 2.14. The van der Waals surface area contributed by atoms with E-state index in [4.69, 9.17) is 30.5 Å². The molecule has 0 fully saturated rings. The Bertz CT molecular complexity index is 884. The van der Waals surface area contributed by atoms with Gasteiger partial charge in [0.25, 0.3) is 5.91 Å². The predicted molar refractivity (Wildman–Crippen MR) is 110 cm³/mol. The number of hydrogen-bond donors (Lipinski definition) is 1. The van der Waals surface area contributed by atoms with Crippen LogP contribution in [0.15, 0.2) is 30.3 Å². The van der Waals surface area contributed by atoms with Crippen molar-refractivity contribution in [2.75, 3.05) is 33.3 Å². The summed E-state index contributed by atoms with van der Waals surface area (Å²) in [4.78, 5) is 24.1. The molecule has 0 saturated heterocycles. The van der Waals surface area contributed by atoms with Crippen LogP contribution in [0.4, 0.5) is 5.69 Å². The van der Waals surface area contributed by atoms with Crippen LogP contribution in [0.5, 0.6) is 17.2 Å². The molecule has 1 amide bonds. The summed E-state index contributed by atoms with van der Waals surface area (Å²) in [6, 6.07) is 8.72. The van der Waals surface area contributed by atoms with Crippen molar-refractivity contribution in [2.24, 2.45) is 0 Å². The Labute approximate surface area is 174 Å². The zero-order valence-corrected chi connectivity index (χ0v) is 17.6. The van der Waals surface area contributed by atoms with Gasteiger partial charge in [0.05, 0.1) is 27.0 Å². The molecule has 0 saturated carbocycles. The molecule has 0 aliphatic carbocycles. The third-order valence-electron chi connectivity index (χ3n) is 4.18.